The van der Waals surface area contributed by atoms with E-state index in [1.54, 1.807) is 49.4 Å². The van der Waals surface area contributed by atoms with Crippen LogP contribution in [0.4, 0.5) is 5.69 Å². The third-order valence-corrected chi connectivity index (χ3v) is 3.30. The molecule has 2 aromatic carbocycles. The van der Waals surface area contributed by atoms with Gasteiger partial charge in [0.2, 0.25) is 0 Å². The van der Waals surface area contributed by atoms with E-state index in [-0.39, 0.29) is 5.91 Å². The number of benzene rings is 2. The van der Waals surface area contributed by atoms with Crippen molar-refractivity contribution in [3.05, 3.63) is 58.6 Å². The zero-order valence-corrected chi connectivity index (χ0v) is 13.0. The number of amides is 1. The van der Waals surface area contributed by atoms with Crippen molar-refractivity contribution in [3.63, 3.8) is 0 Å². The van der Waals surface area contributed by atoms with Crippen LogP contribution in [0.3, 0.4) is 0 Å². The Bertz CT molecular complexity index is 738. The summed E-state index contributed by atoms with van der Waals surface area (Å²) in [5.74, 6) is 0.322. The first-order valence-electron chi connectivity index (χ1n) is 6.73. The third kappa shape index (κ3) is 4.00. The van der Waals surface area contributed by atoms with Crippen molar-refractivity contribution in [3.8, 4) is 11.8 Å². The van der Waals surface area contributed by atoms with Crippen LogP contribution in [0.1, 0.15) is 18.1 Å². The molecule has 0 fully saturated rings. The molecule has 112 valence electrons. The molecule has 4 nitrogen and oxygen atoms in total. The van der Waals surface area contributed by atoms with E-state index in [2.05, 4.69) is 5.32 Å². The van der Waals surface area contributed by atoms with E-state index in [0.717, 1.165) is 5.56 Å². The topological polar surface area (TPSA) is 62.1 Å². The van der Waals surface area contributed by atoms with E-state index < -0.39 is 6.10 Å². The SMILES string of the molecule is Cc1cc(Cl)ccc1O[C@@H](C)C(=O)Nc1cccc(C#N)c1. The van der Waals surface area contributed by atoms with Crippen molar-refractivity contribution in [2.45, 2.75) is 20.0 Å². The molecule has 2 rings (SSSR count). The molecule has 0 saturated heterocycles. The largest absolute Gasteiger partial charge is 0.481 e. The first-order valence-corrected chi connectivity index (χ1v) is 7.11. The molecule has 0 saturated carbocycles. The van der Waals surface area contributed by atoms with E-state index in [4.69, 9.17) is 21.6 Å². The molecular formula is C17H15ClN2O2. The summed E-state index contributed by atoms with van der Waals surface area (Å²) in [5, 5.41) is 12.2. The minimum atomic E-state index is -0.675. The van der Waals surface area contributed by atoms with Crippen LogP contribution in [0.2, 0.25) is 5.02 Å². The van der Waals surface area contributed by atoms with E-state index in [9.17, 15) is 4.79 Å². The third-order valence-electron chi connectivity index (χ3n) is 3.07. The van der Waals surface area contributed by atoms with E-state index in [0.29, 0.717) is 22.0 Å². The van der Waals surface area contributed by atoms with Crippen molar-refractivity contribution >= 4 is 23.2 Å². The van der Waals surface area contributed by atoms with Crippen LogP contribution in [-0.2, 0) is 4.79 Å². The fourth-order valence-electron chi connectivity index (χ4n) is 1.90. The lowest BCUT2D eigenvalue weighted by Gasteiger charge is -2.16. The average Bonchev–Trinajstić information content (AvgIpc) is 2.50. The van der Waals surface area contributed by atoms with Gasteiger partial charge in [0.25, 0.3) is 5.91 Å². The van der Waals surface area contributed by atoms with Gasteiger partial charge in [0.05, 0.1) is 11.6 Å². The summed E-state index contributed by atoms with van der Waals surface area (Å²) in [4.78, 5) is 12.1. The molecule has 1 N–H and O–H groups in total. The first kappa shape index (κ1) is 15.9. The Labute approximate surface area is 134 Å². The molecular weight excluding hydrogens is 300 g/mol. The van der Waals surface area contributed by atoms with Crippen LogP contribution in [0, 0.1) is 18.3 Å². The van der Waals surface area contributed by atoms with Gasteiger partial charge in [-0.05, 0) is 55.8 Å². The number of hydrogen-bond donors (Lipinski definition) is 1. The second kappa shape index (κ2) is 6.97. The number of nitrogens with zero attached hydrogens (tertiary/aromatic N) is 1. The molecule has 0 heterocycles. The van der Waals surface area contributed by atoms with Crippen LogP contribution in [0.25, 0.3) is 0 Å². The van der Waals surface area contributed by atoms with Gasteiger partial charge in [0.1, 0.15) is 5.75 Å². The lowest BCUT2D eigenvalue weighted by Crippen LogP contribution is -2.30. The number of hydrogen-bond acceptors (Lipinski definition) is 3. The van der Waals surface area contributed by atoms with Crippen molar-refractivity contribution < 1.29 is 9.53 Å². The number of aryl methyl sites for hydroxylation is 1. The Morgan fingerprint density at radius 2 is 2.09 bits per heavy atom. The second-order valence-corrected chi connectivity index (χ2v) is 5.29. The second-order valence-electron chi connectivity index (χ2n) is 4.85. The van der Waals surface area contributed by atoms with Crippen molar-refractivity contribution in [2.75, 3.05) is 5.32 Å². The number of anilines is 1. The number of nitriles is 1. The average molecular weight is 315 g/mol. The van der Waals surface area contributed by atoms with Crippen LogP contribution >= 0.6 is 11.6 Å². The quantitative estimate of drug-likeness (QED) is 0.930. The molecule has 0 radical (unpaired) electrons. The Balaban J connectivity index is 2.04. The van der Waals surface area contributed by atoms with Crippen LogP contribution < -0.4 is 10.1 Å². The Morgan fingerprint density at radius 3 is 2.77 bits per heavy atom. The molecule has 0 unspecified atom stereocenters. The van der Waals surface area contributed by atoms with Gasteiger partial charge in [0, 0.05) is 10.7 Å². The first-order chi connectivity index (χ1) is 10.5. The highest BCUT2D eigenvalue weighted by molar-refractivity contribution is 6.30. The number of carbonyl (C=O) groups excluding carboxylic acids is 1. The minimum absolute atomic E-state index is 0.288. The molecule has 2 aromatic rings. The minimum Gasteiger partial charge on any atom is -0.481 e. The molecule has 0 bridgehead atoms. The summed E-state index contributed by atoms with van der Waals surface area (Å²) in [6.07, 6.45) is -0.675. The molecule has 1 atom stereocenters. The van der Waals surface area contributed by atoms with Gasteiger partial charge in [-0.1, -0.05) is 17.7 Å². The predicted octanol–water partition coefficient (Wildman–Crippen LogP) is 3.93. The molecule has 0 aromatic heterocycles. The number of nitrogens with one attached hydrogen (secondary N) is 1. The summed E-state index contributed by atoms with van der Waals surface area (Å²) in [5.41, 5.74) is 1.91. The standard InChI is InChI=1S/C17H15ClN2O2/c1-11-8-14(18)6-7-16(11)22-12(2)17(21)20-15-5-3-4-13(9-15)10-19/h3-9,12H,1-2H3,(H,20,21)/t12-/m0/s1. The van der Waals surface area contributed by atoms with Gasteiger partial charge in [-0.15, -0.1) is 0 Å². The molecule has 1 amide bonds. The molecule has 0 aliphatic rings. The summed E-state index contributed by atoms with van der Waals surface area (Å²) in [7, 11) is 0. The predicted molar refractivity (Wildman–Crippen MR) is 86.1 cm³/mol. The summed E-state index contributed by atoms with van der Waals surface area (Å²) in [6, 6.07) is 14.0. The van der Waals surface area contributed by atoms with Crippen molar-refractivity contribution in [1.29, 1.82) is 5.26 Å². The lowest BCUT2D eigenvalue weighted by atomic mass is 10.2. The highest BCUT2D eigenvalue weighted by Gasteiger charge is 2.16. The fourth-order valence-corrected chi connectivity index (χ4v) is 2.13. The van der Waals surface area contributed by atoms with Crippen LogP contribution in [-0.4, -0.2) is 12.0 Å². The summed E-state index contributed by atoms with van der Waals surface area (Å²) >= 11 is 5.89. The maximum atomic E-state index is 12.1. The van der Waals surface area contributed by atoms with Crippen molar-refractivity contribution in [1.82, 2.24) is 0 Å². The molecule has 5 heteroatoms. The van der Waals surface area contributed by atoms with Crippen molar-refractivity contribution in [2.24, 2.45) is 0 Å². The Morgan fingerprint density at radius 1 is 1.32 bits per heavy atom. The fraction of sp³-hybridized carbons (Fsp3) is 0.176. The number of carbonyl (C=O) groups is 1. The molecule has 0 aliphatic heterocycles. The highest BCUT2D eigenvalue weighted by Crippen LogP contribution is 2.23. The number of ether oxygens (including phenoxy) is 1. The van der Waals surface area contributed by atoms with Crippen LogP contribution in [0.15, 0.2) is 42.5 Å². The van der Waals surface area contributed by atoms with Gasteiger partial charge in [0.15, 0.2) is 6.10 Å². The lowest BCUT2D eigenvalue weighted by molar-refractivity contribution is -0.122. The van der Waals surface area contributed by atoms with Crippen LogP contribution in [0.5, 0.6) is 5.75 Å². The molecule has 0 spiro atoms. The molecule has 22 heavy (non-hydrogen) atoms. The smallest absolute Gasteiger partial charge is 0.265 e. The maximum Gasteiger partial charge on any atom is 0.265 e. The van der Waals surface area contributed by atoms with Gasteiger partial charge >= 0.3 is 0 Å². The summed E-state index contributed by atoms with van der Waals surface area (Å²) in [6.45, 7) is 3.53. The van der Waals surface area contributed by atoms with E-state index in [1.165, 1.54) is 0 Å². The number of halogens is 1. The van der Waals surface area contributed by atoms with E-state index >= 15 is 0 Å². The summed E-state index contributed by atoms with van der Waals surface area (Å²) < 4.78 is 5.65. The van der Waals surface area contributed by atoms with Gasteiger partial charge < -0.3 is 10.1 Å². The maximum absolute atomic E-state index is 12.1. The Hall–Kier alpha value is -2.51. The zero-order chi connectivity index (χ0) is 16.1. The normalized spacial score (nSPS) is 11.4. The van der Waals surface area contributed by atoms with Gasteiger partial charge in [-0.25, -0.2) is 0 Å². The molecule has 0 aliphatic carbocycles. The number of rotatable bonds is 4. The highest BCUT2D eigenvalue weighted by atomic mass is 35.5. The monoisotopic (exact) mass is 314 g/mol. The van der Waals surface area contributed by atoms with E-state index in [1.807, 2.05) is 13.0 Å². The van der Waals surface area contributed by atoms with Gasteiger partial charge in [-0.3, -0.25) is 4.79 Å². The Kier molecular flexibility index (Phi) is 5.03. The zero-order valence-electron chi connectivity index (χ0n) is 12.3. The van der Waals surface area contributed by atoms with Gasteiger partial charge in [-0.2, -0.15) is 5.26 Å².